The van der Waals surface area contributed by atoms with Gasteiger partial charge in [0, 0.05) is 0 Å². The van der Waals surface area contributed by atoms with Gasteiger partial charge in [-0.2, -0.15) is 8.42 Å². The van der Waals surface area contributed by atoms with Crippen molar-refractivity contribution in [2.24, 2.45) is 0 Å². The van der Waals surface area contributed by atoms with Crippen LogP contribution in [0.15, 0.2) is 0 Å². The molecule has 102 valence electrons. The van der Waals surface area contributed by atoms with E-state index in [2.05, 4.69) is 6.92 Å². The van der Waals surface area contributed by atoms with Crippen molar-refractivity contribution in [3.05, 3.63) is 0 Å². The molecule has 0 aliphatic rings. The number of hydrogen-bond acceptors (Lipinski definition) is 2. The van der Waals surface area contributed by atoms with Gasteiger partial charge in [0.05, 0.1) is 5.75 Å². The second-order valence-electron chi connectivity index (χ2n) is 4.47. The third-order valence-electron chi connectivity index (χ3n) is 2.76. The monoisotopic (exact) mass is 282 g/mol. The van der Waals surface area contributed by atoms with E-state index in [1.165, 1.54) is 44.9 Å². The Morgan fingerprint density at radius 2 is 1.17 bits per heavy atom. The maximum atomic E-state index is 10.4. The minimum Gasteiger partial charge on any atom is -1.00 e. The summed E-state index contributed by atoms with van der Waals surface area (Å²) in [6.45, 7) is 2.22. The molecule has 0 aromatic carbocycles. The molecule has 0 aromatic heterocycles. The summed E-state index contributed by atoms with van der Waals surface area (Å²) in [7, 11) is -3.73. The van der Waals surface area contributed by atoms with Crippen LogP contribution in [-0.4, -0.2) is 18.7 Å². The van der Waals surface area contributed by atoms with Crippen LogP contribution < -0.4 is 48.4 Å². The SMILES string of the molecule is CCCCCCCCCCCCS(=O)(=O)O.[H-].[H-].[Li+].[Na+]. The molecule has 0 spiro atoms. The first-order valence-corrected chi connectivity index (χ1v) is 8.12. The first-order valence-electron chi connectivity index (χ1n) is 6.51. The normalized spacial score (nSPS) is 10.6. The van der Waals surface area contributed by atoms with Crippen molar-refractivity contribution in [1.29, 1.82) is 0 Å². The van der Waals surface area contributed by atoms with E-state index in [-0.39, 0.29) is 57.0 Å². The molecule has 0 aliphatic carbocycles. The van der Waals surface area contributed by atoms with E-state index in [0.717, 1.165) is 12.8 Å². The van der Waals surface area contributed by atoms with Gasteiger partial charge in [-0.05, 0) is 6.42 Å². The van der Waals surface area contributed by atoms with E-state index in [9.17, 15) is 8.42 Å². The maximum Gasteiger partial charge on any atom is 1.00 e. The Balaban J connectivity index is -0.000000187. The average molecular weight is 282 g/mol. The topological polar surface area (TPSA) is 54.4 Å². The quantitative estimate of drug-likeness (QED) is 0.272. The van der Waals surface area contributed by atoms with E-state index in [1.807, 2.05) is 0 Å². The van der Waals surface area contributed by atoms with Crippen LogP contribution in [0.2, 0.25) is 0 Å². The zero-order valence-corrected chi connectivity index (χ0v) is 15.3. The molecule has 0 saturated carbocycles. The van der Waals surface area contributed by atoms with E-state index < -0.39 is 10.1 Å². The van der Waals surface area contributed by atoms with Gasteiger partial charge in [0.1, 0.15) is 0 Å². The smallest absolute Gasteiger partial charge is 1.00 e. The maximum absolute atomic E-state index is 10.4. The standard InChI is InChI=1S/C12H26O3S.Li.Na.2H/c1-2-3-4-5-6-7-8-9-10-11-12-16(13,14)15;;;;/h2-12H2,1H3,(H,13,14,15);;;;/q;2*+1;2*-1. The molecule has 0 radical (unpaired) electrons. The van der Waals surface area contributed by atoms with Gasteiger partial charge in [-0.25, -0.2) is 0 Å². The molecule has 0 amide bonds. The molecule has 0 heterocycles. The fraction of sp³-hybridized carbons (Fsp3) is 1.00. The summed E-state index contributed by atoms with van der Waals surface area (Å²) in [6, 6.07) is 0. The molecule has 0 rings (SSSR count). The van der Waals surface area contributed by atoms with Crippen molar-refractivity contribution in [3.63, 3.8) is 0 Å². The molecule has 0 unspecified atom stereocenters. The third-order valence-corrected chi connectivity index (χ3v) is 3.56. The molecule has 0 fully saturated rings. The van der Waals surface area contributed by atoms with E-state index in [1.54, 1.807) is 0 Å². The Labute approximate surface area is 150 Å². The van der Waals surface area contributed by atoms with E-state index >= 15 is 0 Å². The predicted molar refractivity (Wildman–Crippen MR) is 70.5 cm³/mol. The van der Waals surface area contributed by atoms with Gasteiger partial charge >= 0.3 is 48.4 Å². The van der Waals surface area contributed by atoms with Gasteiger partial charge in [0.15, 0.2) is 0 Å². The Morgan fingerprint density at radius 3 is 1.50 bits per heavy atom. The summed E-state index contributed by atoms with van der Waals surface area (Å²) in [4.78, 5) is 0. The van der Waals surface area contributed by atoms with Crippen molar-refractivity contribution in [3.8, 4) is 0 Å². The zero-order valence-electron chi connectivity index (χ0n) is 14.5. The van der Waals surface area contributed by atoms with Gasteiger partial charge in [-0.1, -0.05) is 64.7 Å². The van der Waals surface area contributed by atoms with E-state index in [4.69, 9.17) is 4.55 Å². The minimum absolute atomic E-state index is 0. The molecule has 3 nitrogen and oxygen atoms in total. The largest absolute Gasteiger partial charge is 1.00 e. The Bertz CT molecular complexity index is 255. The predicted octanol–water partition coefficient (Wildman–Crippen LogP) is -1.97. The molecular formula is C12H28LiNaO3S. The summed E-state index contributed by atoms with van der Waals surface area (Å²) in [6.07, 6.45) is 11.7. The second kappa shape index (κ2) is 16.6. The van der Waals surface area contributed by atoms with E-state index in [0.29, 0.717) is 6.42 Å². The van der Waals surface area contributed by atoms with Crippen molar-refractivity contribution >= 4 is 10.1 Å². The number of hydrogen-bond donors (Lipinski definition) is 1. The molecule has 18 heavy (non-hydrogen) atoms. The molecular weight excluding hydrogens is 254 g/mol. The van der Waals surface area contributed by atoms with Gasteiger partial charge in [0.25, 0.3) is 10.1 Å². The van der Waals surface area contributed by atoms with Crippen LogP contribution in [0.3, 0.4) is 0 Å². The Hall–Kier alpha value is 1.51. The molecule has 6 heteroatoms. The van der Waals surface area contributed by atoms with Crippen LogP contribution in [0, 0.1) is 0 Å². The third kappa shape index (κ3) is 22.7. The summed E-state index contributed by atoms with van der Waals surface area (Å²) >= 11 is 0. The van der Waals surface area contributed by atoms with Gasteiger partial charge in [-0.15, -0.1) is 0 Å². The van der Waals surface area contributed by atoms with Gasteiger partial charge in [0.2, 0.25) is 0 Å². The van der Waals surface area contributed by atoms with Crippen LogP contribution >= 0.6 is 0 Å². The Kier molecular flexibility index (Phi) is 22.6. The van der Waals surface area contributed by atoms with Crippen LogP contribution in [0.4, 0.5) is 0 Å². The van der Waals surface area contributed by atoms with Gasteiger partial charge in [-0.3, -0.25) is 4.55 Å². The van der Waals surface area contributed by atoms with Gasteiger partial charge < -0.3 is 2.85 Å². The van der Waals surface area contributed by atoms with Crippen LogP contribution in [-0.2, 0) is 10.1 Å². The molecule has 0 aliphatic heterocycles. The molecule has 1 N–H and O–H groups in total. The summed E-state index contributed by atoms with van der Waals surface area (Å²) in [5.41, 5.74) is 0. The molecule has 0 atom stereocenters. The Morgan fingerprint density at radius 1 is 0.833 bits per heavy atom. The summed E-state index contributed by atoms with van der Waals surface area (Å²) in [5, 5.41) is 0. The first kappa shape index (κ1) is 24.5. The fourth-order valence-electron chi connectivity index (χ4n) is 1.77. The molecule has 0 saturated heterocycles. The van der Waals surface area contributed by atoms with Crippen LogP contribution in [0.25, 0.3) is 0 Å². The van der Waals surface area contributed by atoms with Crippen molar-refractivity contribution in [2.75, 3.05) is 5.75 Å². The van der Waals surface area contributed by atoms with Crippen LogP contribution in [0.1, 0.15) is 74.0 Å². The van der Waals surface area contributed by atoms with Crippen molar-refractivity contribution < 1.29 is 64.2 Å². The fourth-order valence-corrected chi connectivity index (χ4v) is 2.34. The first-order chi connectivity index (χ1) is 7.56. The number of unbranched alkanes of at least 4 members (excludes halogenated alkanes) is 9. The zero-order chi connectivity index (χ0) is 12.3. The minimum atomic E-state index is -3.73. The molecule has 0 aromatic rings. The number of rotatable bonds is 11. The average Bonchev–Trinajstić information content (AvgIpc) is 2.19. The second-order valence-corrected chi connectivity index (χ2v) is 6.04. The summed E-state index contributed by atoms with van der Waals surface area (Å²) < 4.78 is 29.4. The van der Waals surface area contributed by atoms with Crippen LogP contribution in [0.5, 0.6) is 0 Å². The van der Waals surface area contributed by atoms with Crippen molar-refractivity contribution in [2.45, 2.75) is 71.1 Å². The van der Waals surface area contributed by atoms with Crippen molar-refractivity contribution in [1.82, 2.24) is 0 Å². The molecule has 0 bridgehead atoms. The summed E-state index contributed by atoms with van der Waals surface area (Å²) in [5.74, 6) is -0.0799.